The summed E-state index contributed by atoms with van der Waals surface area (Å²) in [5, 5.41) is 23.4. The van der Waals surface area contributed by atoms with E-state index < -0.39 is 12.5 Å². The van der Waals surface area contributed by atoms with E-state index in [1.807, 2.05) is 17.5 Å². The Kier molecular flexibility index (Phi) is 4.66. The number of amides is 1. The lowest BCUT2D eigenvalue weighted by Gasteiger charge is -1.99. The normalized spacial score (nSPS) is 10.2. The summed E-state index contributed by atoms with van der Waals surface area (Å²) in [7, 11) is 0. The van der Waals surface area contributed by atoms with Crippen molar-refractivity contribution in [2.24, 2.45) is 5.73 Å². The molecule has 0 spiro atoms. The molecular formula is C11H13N5O2S2. The highest BCUT2D eigenvalue weighted by molar-refractivity contribution is 7.17. The molecule has 0 saturated heterocycles. The Labute approximate surface area is 123 Å². The third-order valence-electron chi connectivity index (χ3n) is 2.26. The maximum atomic E-state index is 11.0. The molecule has 0 aliphatic heterocycles. The highest BCUT2D eigenvalue weighted by Crippen LogP contribution is 2.30. The number of nitrogens with zero attached hydrogens (tertiary/aromatic N) is 1. The van der Waals surface area contributed by atoms with E-state index in [9.17, 15) is 4.79 Å². The number of aliphatic hydroxyl groups excluding tert-OH is 1. The van der Waals surface area contributed by atoms with Gasteiger partial charge in [0.05, 0.1) is 17.1 Å². The van der Waals surface area contributed by atoms with Crippen molar-refractivity contribution in [3.8, 4) is 10.6 Å². The highest BCUT2D eigenvalue weighted by atomic mass is 32.1. The van der Waals surface area contributed by atoms with Crippen LogP contribution >= 0.6 is 22.7 Å². The number of aliphatic hydroxyl groups is 1. The number of aromatic nitrogens is 1. The van der Waals surface area contributed by atoms with Gasteiger partial charge in [-0.3, -0.25) is 10.2 Å². The molecule has 0 unspecified atom stereocenters. The van der Waals surface area contributed by atoms with Gasteiger partial charge in [0.25, 0.3) is 0 Å². The van der Waals surface area contributed by atoms with Gasteiger partial charge in [0, 0.05) is 10.3 Å². The van der Waals surface area contributed by atoms with Gasteiger partial charge in [-0.1, -0.05) is 0 Å². The van der Waals surface area contributed by atoms with Crippen LogP contribution in [0.15, 0.2) is 17.5 Å². The average Bonchev–Trinajstić information content (AvgIpc) is 3.03. The van der Waals surface area contributed by atoms with Crippen LogP contribution in [-0.2, 0) is 11.3 Å². The highest BCUT2D eigenvalue weighted by Gasteiger charge is 2.08. The van der Waals surface area contributed by atoms with Crippen LogP contribution in [0, 0.1) is 5.41 Å². The molecule has 2 heterocycles. The van der Waals surface area contributed by atoms with Crippen LogP contribution in [0.2, 0.25) is 0 Å². The van der Waals surface area contributed by atoms with Gasteiger partial charge in [0.15, 0.2) is 11.1 Å². The van der Waals surface area contributed by atoms with Gasteiger partial charge in [-0.2, -0.15) is 0 Å². The Morgan fingerprint density at radius 2 is 2.30 bits per heavy atom. The monoisotopic (exact) mass is 311 g/mol. The van der Waals surface area contributed by atoms with Crippen molar-refractivity contribution < 1.29 is 9.90 Å². The summed E-state index contributed by atoms with van der Waals surface area (Å²) >= 11 is 2.87. The molecule has 20 heavy (non-hydrogen) atoms. The van der Waals surface area contributed by atoms with Crippen LogP contribution in [0.1, 0.15) is 4.88 Å². The molecule has 1 amide bonds. The minimum atomic E-state index is -0.510. The number of thiazole rings is 1. The molecule has 0 aliphatic carbocycles. The summed E-state index contributed by atoms with van der Waals surface area (Å²) in [5.41, 5.74) is 6.03. The molecule has 0 saturated carbocycles. The number of guanidine groups is 1. The number of rotatable bonds is 5. The van der Waals surface area contributed by atoms with Crippen molar-refractivity contribution in [2.45, 2.75) is 6.54 Å². The molecule has 0 atom stereocenters. The first-order valence-corrected chi connectivity index (χ1v) is 7.31. The van der Waals surface area contributed by atoms with Crippen molar-refractivity contribution in [2.75, 3.05) is 11.9 Å². The van der Waals surface area contributed by atoms with E-state index in [0.717, 1.165) is 15.4 Å². The predicted molar refractivity (Wildman–Crippen MR) is 79.9 cm³/mol. The minimum Gasteiger partial charge on any atom is -0.387 e. The van der Waals surface area contributed by atoms with Crippen molar-refractivity contribution in [3.05, 3.63) is 22.4 Å². The molecule has 0 bridgehead atoms. The van der Waals surface area contributed by atoms with Crippen LogP contribution in [0.5, 0.6) is 0 Å². The number of anilines is 1. The fourth-order valence-electron chi connectivity index (χ4n) is 1.41. The molecule has 2 aromatic rings. The van der Waals surface area contributed by atoms with Crippen molar-refractivity contribution in [1.29, 1.82) is 5.41 Å². The van der Waals surface area contributed by atoms with Crippen molar-refractivity contribution in [1.82, 2.24) is 10.3 Å². The summed E-state index contributed by atoms with van der Waals surface area (Å²) in [6, 6.07) is 3.81. The smallest absolute Gasteiger partial charge is 0.246 e. The first-order valence-electron chi connectivity index (χ1n) is 5.61. The van der Waals surface area contributed by atoms with Crippen molar-refractivity contribution in [3.63, 3.8) is 0 Å². The van der Waals surface area contributed by atoms with Crippen LogP contribution in [0.25, 0.3) is 10.6 Å². The Hall–Kier alpha value is -1.97. The van der Waals surface area contributed by atoms with Crippen molar-refractivity contribution >= 4 is 39.7 Å². The van der Waals surface area contributed by atoms with Gasteiger partial charge >= 0.3 is 0 Å². The van der Waals surface area contributed by atoms with E-state index >= 15 is 0 Å². The largest absolute Gasteiger partial charge is 0.387 e. The second kappa shape index (κ2) is 6.46. The first kappa shape index (κ1) is 14.4. The summed E-state index contributed by atoms with van der Waals surface area (Å²) < 4.78 is 0. The van der Waals surface area contributed by atoms with Gasteiger partial charge < -0.3 is 21.5 Å². The Balaban J connectivity index is 2.02. The molecule has 7 nitrogen and oxygen atoms in total. The molecule has 0 radical (unpaired) electrons. The quantitative estimate of drug-likeness (QED) is 0.412. The first-order chi connectivity index (χ1) is 9.58. The number of hydrogen-bond donors (Lipinski definition) is 5. The Morgan fingerprint density at radius 1 is 1.50 bits per heavy atom. The van der Waals surface area contributed by atoms with E-state index in [2.05, 4.69) is 15.6 Å². The number of nitrogens with two attached hydrogens (primary N) is 1. The van der Waals surface area contributed by atoms with Gasteiger partial charge in [-0.05, 0) is 12.1 Å². The zero-order chi connectivity index (χ0) is 14.5. The maximum absolute atomic E-state index is 11.0. The Bertz CT molecular complexity index is 622. The molecule has 2 rings (SSSR count). The average molecular weight is 311 g/mol. The molecule has 6 N–H and O–H groups in total. The van der Waals surface area contributed by atoms with E-state index in [1.165, 1.54) is 22.7 Å². The SMILES string of the molecule is N=C(N)Nc1nc(-c2ccc(CNC(=O)CO)s2)cs1. The lowest BCUT2D eigenvalue weighted by molar-refractivity contribution is -0.123. The molecular weight excluding hydrogens is 298 g/mol. The second-order valence-corrected chi connectivity index (χ2v) is 5.80. The van der Waals surface area contributed by atoms with Crippen LogP contribution < -0.4 is 16.4 Å². The number of carbonyl (C=O) groups excluding carboxylic acids is 1. The molecule has 9 heteroatoms. The van der Waals surface area contributed by atoms with E-state index in [-0.39, 0.29) is 5.96 Å². The summed E-state index contributed by atoms with van der Waals surface area (Å²) in [6.45, 7) is -0.128. The fourth-order valence-corrected chi connectivity index (χ4v) is 3.12. The predicted octanol–water partition coefficient (Wildman–Crippen LogP) is 0.785. The lowest BCUT2D eigenvalue weighted by Crippen LogP contribution is -2.25. The van der Waals surface area contributed by atoms with E-state index in [1.54, 1.807) is 0 Å². The topological polar surface area (TPSA) is 124 Å². The van der Waals surface area contributed by atoms with Gasteiger partial charge in [-0.25, -0.2) is 4.98 Å². The number of thiophene rings is 1. The lowest BCUT2D eigenvalue weighted by atomic mass is 10.3. The Morgan fingerprint density at radius 3 is 3.00 bits per heavy atom. The minimum absolute atomic E-state index is 0.149. The van der Waals surface area contributed by atoms with E-state index in [0.29, 0.717) is 11.7 Å². The van der Waals surface area contributed by atoms with Crippen LogP contribution in [0.4, 0.5) is 5.13 Å². The number of nitrogens with one attached hydrogen (secondary N) is 3. The third-order valence-corrected chi connectivity index (χ3v) is 4.13. The molecule has 2 aromatic heterocycles. The standard InChI is InChI=1S/C11H13N5O2S2/c12-10(13)16-11-15-7(5-19-11)8-2-1-6(20-8)3-14-9(18)4-17/h1-2,5,17H,3-4H2,(H,14,18)(H4,12,13,15,16). The van der Waals surface area contributed by atoms with Crippen LogP contribution in [-0.4, -0.2) is 28.6 Å². The fraction of sp³-hybridized carbons (Fsp3) is 0.182. The molecule has 106 valence electrons. The van der Waals surface area contributed by atoms with Gasteiger partial charge in [-0.15, -0.1) is 22.7 Å². The molecule has 0 fully saturated rings. The number of carbonyl (C=O) groups is 1. The third kappa shape index (κ3) is 3.76. The molecule has 0 aromatic carbocycles. The zero-order valence-electron chi connectivity index (χ0n) is 10.3. The van der Waals surface area contributed by atoms with Gasteiger partial charge in [0.2, 0.25) is 5.91 Å². The van der Waals surface area contributed by atoms with Crippen LogP contribution in [0.3, 0.4) is 0 Å². The summed E-state index contributed by atoms with van der Waals surface area (Å²) in [6.07, 6.45) is 0. The van der Waals surface area contributed by atoms with Gasteiger partial charge in [0.1, 0.15) is 6.61 Å². The second-order valence-electron chi connectivity index (χ2n) is 3.78. The summed E-state index contributed by atoms with van der Waals surface area (Å²) in [5.74, 6) is -0.550. The molecule has 0 aliphatic rings. The summed E-state index contributed by atoms with van der Waals surface area (Å²) in [4.78, 5) is 17.2. The zero-order valence-corrected chi connectivity index (χ0v) is 12.0. The maximum Gasteiger partial charge on any atom is 0.246 e. The van der Waals surface area contributed by atoms with E-state index in [4.69, 9.17) is 16.2 Å². The number of hydrogen-bond acceptors (Lipinski definition) is 6.